The highest BCUT2D eigenvalue weighted by Crippen LogP contribution is 2.35. The Morgan fingerprint density at radius 3 is 2.35 bits per heavy atom. The summed E-state index contributed by atoms with van der Waals surface area (Å²) < 4.78 is 2.14. The van der Waals surface area contributed by atoms with Crippen molar-refractivity contribution in [2.45, 2.75) is 26.8 Å². The summed E-state index contributed by atoms with van der Waals surface area (Å²) in [5, 5.41) is 4.52. The normalized spacial score (nSPS) is 11.2. The fourth-order valence-corrected chi connectivity index (χ4v) is 3.18. The van der Waals surface area contributed by atoms with Gasteiger partial charge in [-0.2, -0.15) is 0 Å². The maximum atomic E-state index is 4.61. The Bertz CT molecular complexity index is 1030. The van der Waals surface area contributed by atoms with Crippen LogP contribution in [0.4, 0.5) is 5.82 Å². The molecule has 4 rings (SSSR count). The molecule has 4 aromatic rings. The topological polar surface area (TPSA) is 42.7 Å². The quantitative estimate of drug-likeness (QED) is 0.553. The molecule has 0 saturated carbocycles. The molecule has 0 aliphatic rings. The molecule has 0 fully saturated rings. The van der Waals surface area contributed by atoms with E-state index in [1.807, 2.05) is 6.07 Å². The molecular weight excluding hydrogens is 320 g/mol. The molecule has 0 atom stereocenters. The summed E-state index contributed by atoms with van der Waals surface area (Å²) >= 11 is 0. The zero-order valence-electron chi connectivity index (χ0n) is 15.3. The zero-order valence-corrected chi connectivity index (χ0v) is 15.3. The molecule has 2 heterocycles. The summed E-state index contributed by atoms with van der Waals surface area (Å²) in [4.78, 5) is 9.12. The second-order valence-electron chi connectivity index (χ2n) is 6.83. The monoisotopic (exact) mass is 342 g/mol. The van der Waals surface area contributed by atoms with Crippen molar-refractivity contribution >= 4 is 16.9 Å². The first kappa shape index (κ1) is 16.3. The molecule has 26 heavy (non-hydrogen) atoms. The van der Waals surface area contributed by atoms with Crippen molar-refractivity contribution in [2.24, 2.45) is 0 Å². The molecule has 4 nitrogen and oxygen atoms in total. The molecule has 0 bridgehead atoms. The highest BCUT2D eigenvalue weighted by molar-refractivity contribution is 6.02. The number of aryl methyl sites for hydroxylation is 1. The Labute approximate surface area is 153 Å². The molecule has 0 amide bonds. The van der Waals surface area contributed by atoms with Crippen LogP contribution in [-0.2, 0) is 0 Å². The third kappa shape index (κ3) is 2.94. The van der Waals surface area contributed by atoms with Gasteiger partial charge in [-0.05, 0) is 38.5 Å². The molecule has 130 valence electrons. The summed E-state index contributed by atoms with van der Waals surface area (Å²) in [5.41, 5.74) is 5.53. The van der Waals surface area contributed by atoms with Crippen molar-refractivity contribution in [1.82, 2.24) is 14.5 Å². The minimum Gasteiger partial charge on any atom is -0.367 e. The molecular formula is C22H22N4. The fourth-order valence-electron chi connectivity index (χ4n) is 3.18. The molecule has 2 aromatic carbocycles. The van der Waals surface area contributed by atoms with Crippen LogP contribution < -0.4 is 5.32 Å². The minimum atomic E-state index is 0.291. The van der Waals surface area contributed by atoms with Crippen molar-refractivity contribution in [3.05, 3.63) is 72.7 Å². The van der Waals surface area contributed by atoms with E-state index in [0.717, 1.165) is 33.7 Å². The van der Waals surface area contributed by atoms with Gasteiger partial charge in [0.25, 0.3) is 0 Å². The average molecular weight is 342 g/mol. The Balaban J connectivity index is 2.01. The number of nitrogens with zero attached hydrogens (tertiary/aromatic N) is 3. The lowest BCUT2D eigenvalue weighted by molar-refractivity contribution is 0.890. The summed E-state index contributed by atoms with van der Waals surface area (Å²) in [6.07, 6.45) is 3.79. The van der Waals surface area contributed by atoms with Crippen molar-refractivity contribution in [1.29, 1.82) is 0 Å². The Morgan fingerprint density at radius 2 is 1.65 bits per heavy atom. The maximum absolute atomic E-state index is 4.61. The van der Waals surface area contributed by atoms with Gasteiger partial charge in [0.15, 0.2) is 5.65 Å². The van der Waals surface area contributed by atoms with E-state index in [4.69, 9.17) is 0 Å². The standard InChI is InChI=1S/C22H22N4/c1-15(2)25-21-20-19(17-7-5-4-6-8-17)13-26(22(20)24-14-23-21)18-11-9-16(3)10-12-18/h4-15H,1-3H3,(H,23,24,25). The van der Waals surface area contributed by atoms with Gasteiger partial charge in [0, 0.05) is 23.5 Å². The first-order valence-corrected chi connectivity index (χ1v) is 8.88. The molecule has 0 radical (unpaired) electrons. The number of aromatic nitrogens is 3. The largest absolute Gasteiger partial charge is 0.367 e. The van der Waals surface area contributed by atoms with Gasteiger partial charge in [-0.3, -0.25) is 0 Å². The number of hydrogen-bond acceptors (Lipinski definition) is 3. The van der Waals surface area contributed by atoms with Crippen LogP contribution in [0, 0.1) is 6.92 Å². The highest BCUT2D eigenvalue weighted by atomic mass is 15.1. The van der Waals surface area contributed by atoms with Crippen LogP contribution >= 0.6 is 0 Å². The summed E-state index contributed by atoms with van der Waals surface area (Å²) in [5.74, 6) is 0.870. The molecule has 2 aromatic heterocycles. The molecule has 0 unspecified atom stereocenters. The number of fused-ring (bicyclic) bond motifs is 1. The number of anilines is 1. The van der Waals surface area contributed by atoms with E-state index in [0.29, 0.717) is 6.04 Å². The predicted octanol–water partition coefficient (Wildman–Crippen LogP) is 5.22. The Kier molecular flexibility index (Phi) is 4.17. The van der Waals surface area contributed by atoms with Gasteiger partial charge < -0.3 is 9.88 Å². The third-order valence-electron chi connectivity index (χ3n) is 4.41. The van der Waals surface area contributed by atoms with E-state index in [-0.39, 0.29) is 0 Å². The van der Waals surface area contributed by atoms with Gasteiger partial charge in [-0.25, -0.2) is 9.97 Å². The van der Waals surface area contributed by atoms with Crippen molar-refractivity contribution in [2.75, 3.05) is 5.32 Å². The highest BCUT2D eigenvalue weighted by Gasteiger charge is 2.17. The first-order chi connectivity index (χ1) is 12.6. The van der Waals surface area contributed by atoms with Gasteiger partial charge in [0.1, 0.15) is 12.1 Å². The van der Waals surface area contributed by atoms with E-state index in [2.05, 4.69) is 95.4 Å². The van der Waals surface area contributed by atoms with Crippen LogP contribution in [0.1, 0.15) is 19.4 Å². The number of benzene rings is 2. The maximum Gasteiger partial charge on any atom is 0.150 e. The lowest BCUT2D eigenvalue weighted by Crippen LogP contribution is -2.11. The van der Waals surface area contributed by atoms with Crippen LogP contribution in [0.15, 0.2) is 67.1 Å². The van der Waals surface area contributed by atoms with Gasteiger partial charge in [0.05, 0.1) is 5.39 Å². The van der Waals surface area contributed by atoms with E-state index in [1.54, 1.807) is 6.33 Å². The lowest BCUT2D eigenvalue weighted by Gasteiger charge is -2.11. The third-order valence-corrected chi connectivity index (χ3v) is 4.41. The van der Waals surface area contributed by atoms with Gasteiger partial charge in [-0.1, -0.05) is 48.0 Å². The van der Waals surface area contributed by atoms with Crippen LogP contribution in [0.2, 0.25) is 0 Å². The lowest BCUT2D eigenvalue weighted by atomic mass is 10.1. The van der Waals surface area contributed by atoms with Crippen LogP contribution in [-0.4, -0.2) is 20.6 Å². The van der Waals surface area contributed by atoms with Crippen LogP contribution in [0.3, 0.4) is 0 Å². The van der Waals surface area contributed by atoms with Crippen LogP contribution in [0.25, 0.3) is 27.8 Å². The van der Waals surface area contributed by atoms with Crippen LogP contribution in [0.5, 0.6) is 0 Å². The Morgan fingerprint density at radius 1 is 0.923 bits per heavy atom. The van der Waals surface area contributed by atoms with Gasteiger partial charge in [-0.15, -0.1) is 0 Å². The van der Waals surface area contributed by atoms with E-state index < -0.39 is 0 Å². The number of nitrogens with one attached hydrogen (secondary N) is 1. The van der Waals surface area contributed by atoms with Gasteiger partial charge >= 0.3 is 0 Å². The molecule has 0 aliphatic carbocycles. The van der Waals surface area contributed by atoms with E-state index in [1.165, 1.54) is 5.56 Å². The van der Waals surface area contributed by atoms with Gasteiger partial charge in [0.2, 0.25) is 0 Å². The summed E-state index contributed by atoms with van der Waals surface area (Å²) in [6.45, 7) is 6.33. The summed E-state index contributed by atoms with van der Waals surface area (Å²) in [6, 6.07) is 19.2. The zero-order chi connectivity index (χ0) is 18.1. The smallest absolute Gasteiger partial charge is 0.150 e. The number of hydrogen-bond donors (Lipinski definition) is 1. The van der Waals surface area contributed by atoms with Crippen molar-refractivity contribution < 1.29 is 0 Å². The second kappa shape index (κ2) is 6.64. The Hall–Kier alpha value is -3.14. The molecule has 0 spiro atoms. The van der Waals surface area contributed by atoms with E-state index >= 15 is 0 Å². The summed E-state index contributed by atoms with van der Waals surface area (Å²) in [7, 11) is 0. The van der Waals surface area contributed by atoms with Crippen molar-refractivity contribution in [3.8, 4) is 16.8 Å². The van der Waals surface area contributed by atoms with E-state index in [9.17, 15) is 0 Å². The van der Waals surface area contributed by atoms with Crippen molar-refractivity contribution in [3.63, 3.8) is 0 Å². The SMILES string of the molecule is Cc1ccc(-n2cc(-c3ccccc3)c3c(NC(C)C)ncnc32)cc1. The minimum absolute atomic E-state index is 0.291. The molecule has 4 heteroatoms. The fraction of sp³-hybridized carbons (Fsp3) is 0.182. The second-order valence-corrected chi connectivity index (χ2v) is 6.83. The molecule has 0 aliphatic heterocycles. The number of rotatable bonds is 4. The average Bonchev–Trinajstić information content (AvgIpc) is 3.03. The first-order valence-electron chi connectivity index (χ1n) is 8.88. The molecule has 0 saturated heterocycles. The molecule has 1 N–H and O–H groups in total. The predicted molar refractivity (Wildman–Crippen MR) is 108 cm³/mol.